The lowest BCUT2D eigenvalue weighted by Gasteiger charge is -2.24. The van der Waals surface area contributed by atoms with Crippen LogP contribution in [0.15, 0.2) is 24.3 Å². The van der Waals surface area contributed by atoms with E-state index in [-0.39, 0.29) is 0 Å². The topological polar surface area (TPSA) is 12.5 Å². The largest absolute Gasteiger partial charge is 0.383 e. The molecule has 1 heterocycles. The van der Waals surface area contributed by atoms with Crippen molar-refractivity contribution in [2.75, 3.05) is 26.8 Å². The molecule has 0 aromatic heterocycles. The molecule has 16 heavy (non-hydrogen) atoms. The summed E-state index contributed by atoms with van der Waals surface area (Å²) in [5.41, 5.74) is 2.80. The molecule has 0 bridgehead atoms. The van der Waals surface area contributed by atoms with Gasteiger partial charge in [-0.1, -0.05) is 29.8 Å². The molecule has 0 radical (unpaired) electrons. The second-order valence-corrected chi connectivity index (χ2v) is 4.60. The normalized spacial score (nSPS) is 21.5. The Labute approximate surface area is 98.2 Å². The van der Waals surface area contributed by atoms with Crippen molar-refractivity contribution in [2.24, 2.45) is 0 Å². The van der Waals surface area contributed by atoms with Gasteiger partial charge in [0.15, 0.2) is 0 Å². The highest BCUT2D eigenvalue weighted by Gasteiger charge is 2.25. The summed E-state index contributed by atoms with van der Waals surface area (Å²) in [6.45, 7) is 5.24. The van der Waals surface area contributed by atoms with Crippen LogP contribution >= 0.6 is 0 Å². The maximum Gasteiger partial charge on any atom is 0.0589 e. The van der Waals surface area contributed by atoms with Gasteiger partial charge in [0.25, 0.3) is 0 Å². The summed E-state index contributed by atoms with van der Waals surface area (Å²) in [6, 6.07) is 9.57. The van der Waals surface area contributed by atoms with Crippen LogP contribution in [0.3, 0.4) is 0 Å². The molecule has 2 heteroatoms. The molecule has 1 atom stereocenters. The minimum absolute atomic E-state index is 0.607. The second kappa shape index (κ2) is 5.46. The van der Waals surface area contributed by atoms with E-state index in [2.05, 4.69) is 36.1 Å². The van der Waals surface area contributed by atoms with Gasteiger partial charge in [-0.2, -0.15) is 0 Å². The lowest BCUT2D eigenvalue weighted by molar-refractivity contribution is 0.141. The Balaban J connectivity index is 2.04. The van der Waals surface area contributed by atoms with Gasteiger partial charge in [0, 0.05) is 19.7 Å². The lowest BCUT2D eigenvalue weighted by Crippen LogP contribution is -2.26. The van der Waals surface area contributed by atoms with Crippen LogP contribution in [-0.4, -0.2) is 31.7 Å². The number of likely N-dealkylation sites (tertiary alicyclic amines) is 1. The van der Waals surface area contributed by atoms with Gasteiger partial charge in [0.05, 0.1) is 6.61 Å². The smallest absolute Gasteiger partial charge is 0.0589 e. The zero-order valence-electron chi connectivity index (χ0n) is 10.3. The zero-order valence-corrected chi connectivity index (χ0v) is 10.3. The molecule has 88 valence electrons. The Bertz CT molecular complexity index is 320. The van der Waals surface area contributed by atoms with Gasteiger partial charge in [-0.15, -0.1) is 0 Å². The number of methoxy groups -OCH3 is 1. The number of ether oxygens (including phenoxy) is 1. The highest BCUT2D eigenvalue weighted by atomic mass is 16.5. The molecular formula is C14H21NO. The Morgan fingerprint density at radius 3 is 2.75 bits per heavy atom. The molecule has 2 rings (SSSR count). The summed E-state index contributed by atoms with van der Waals surface area (Å²) in [5.74, 6) is 0. The first-order valence-corrected chi connectivity index (χ1v) is 6.11. The number of rotatable bonds is 4. The molecule has 1 saturated heterocycles. The summed E-state index contributed by atoms with van der Waals surface area (Å²) in [4.78, 5) is 2.54. The fourth-order valence-electron chi connectivity index (χ4n) is 2.47. The lowest BCUT2D eigenvalue weighted by atomic mass is 10.0. The average Bonchev–Trinajstić information content (AvgIpc) is 2.75. The van der Waals surface area contributed by atoms with Crippen LogP contribution in [0.25, 0.3) is 0 Å². The fraction of sp³-hybridized carbons (Fsp3) is 0.571. The predicted molar refractivity (Wildman–Crippen MR) is 66.6 cm³/mol. The molecule has 1 aliphatic rings. The molecule has 1 aromatic rings. The van der Waals surface area contributed by atoms with Crippen LogP contribution in [0.1, 0.15) is 30.0 Å². The van der Waals surface area contributed by atoms with E-state index in [1.165, 1.54) is 30.5 Å². The van der Waals surface area contributed by atoms with Crippen LogP contribution in [0, 0.1) is 6.92 Å². The fourth-order valence-corrected chi connectivity index (χ4v) is 2.47. The van der Waals surface area contributed by atoms with Crippen molar-refractivity contribution in [3.63, 3.8) is 0 Å². The maximum atomic E-state index is 5.17. The Morgan fingerprint density at radius 2 is 2.06 bits per heavy atom. The SMILES string of the molecule is COCCN1CCC[C@@H]1c1ccc(C)cc1. The van der Waals surface area contributed by atoms with Gasteiger partial charge in [-0.05, 0) is 31.9 Å². The van der Waals surface area contributed by atoms with Crippen molar-refractivity contribution >= 4 is 0 Å². The number of benzene rings is 1. The van der Waals surface area contributed by atoms with E-state index in [4.69, 9.17) is 4.74 Å². The van der Waals surface area contributed by atoms with Crippen molar-refractivity contribution in [3.05, 3.63) is 35.4 Å². The first kappa shape index (κ1) is 11.6. The van der Waals surface area contributed by atoms with Crippen LogP contribution in [-0.2, 0) is 4.74 Å². The highest BCUT2D eigenvalue weighted by molar-refractivity contribution is 5.24. The Morgan fingerprint density at radius 1 is 1.31 bits per heavy atom. The Kier molecular flexibility index (Phi) is 3.97. The first-order chi connectivity index (χ1) is 7.81. The van der Waals surface area contributed by atoms with E-state index in [1.807, 2.05) is 0 Å². The average molecular weight is 219 g/mol. The summed E-state index contributed by atoms with van der Waals surface area (Å²) in [6.07, 6.45) is 2.59. The van der Waals surface area contributed by atoms with E-state index < -0.39 is 0 Å². The summed E-state index contributed by atoms with van der Waals surface area (Å²) in [5, 5.41) is 0. The minimum atomic E-state index is 0.607. The zero-order chi connectivity index (χ0) is 11.4. The minimum Gasteiger partial charge on any atom is -0.383 e. The van der Waals surface area contributed by atoms with Crippen molar-refractivity contribution < 1.29 is 4.74 Å². The predicted octanol–water partition coefficient (Wildman–Crippen LogP) is 2.78. The quantitative estimate of drug-likeness (QED) is 0.772. The Hall–Kier alpha value is -0.860. The molecular weight excluding hydrogens is 198 g/mol. The van der Waals surface area contributed by atoms with Gasteiger partial charge in [0.1, 0.15) is 0 Å². The number of hydrogen-bond acceptors (Lipinski definition) is 2. The summed E-state index contributed by atoms with van der Waals surface area (Å²) < 4.78 is 5.17. The molecule has 1 aromatic carbocycles. The highest BCUT2D eigenvalue weighted by Crippen LogP contribution is 2.31. The number of hydrogen-bond donors (Lipinski definition) is 0. The monoisotopic (exact) mass is 219 g/mol. The van der Waals surface area contributed by atoms with Gasteiger partial charge < -0.3 is 4.74 Å². The van der Waals surface area contributed by atoms with Crippen LogP contribution in [0.4, 0.5) is 0 Å². The van der Waals surface area contributed by atoms with Crippen molar-refractivity contribution in [3.8, 4) is 0 Å². The van der Waals surface area contributed by atoms with E-state index >= 15 is 0 Å². The van der Waals surface area contributed by atoms with Crippen molar-refractivity contribution in [1.29, 1.82) is 0 Å². The molecule has 0 spiro atoms. The second-order valence-electron chi connectivity index (χ2n) is 4.60. The first-order valence-electron chi connectivity index (χ1n) is 6.11. The summed E-state index contributed by atoms with van der Waals surface area (Å²) >= 11 is 0. The third kappa shape index (κ3) is 2.63. The van der Waals surface area contributed by atoms with Gasteiger partial charge >= 0.3 is 0 Å². The number of nitrogens with zero attached hydrogens (tertiary/aromatic N) is 1. The van der Waals surface area contributed by atoms with Gasteiger partial charge in [0.2, 0.25) is 0 Å². The number of aryl methyl sites for hydroxylation is 1. The standard InChI is InChI=1S/C14H21NO/c1-12-5-7-13(8-6-12)14-4-3-9-15(14)10-11-16-2/h5-8,14H,3-4,9-11H2,1-2H3/t14-/m1/s1. The van der Waals surface area contributed by atoms with E-state index in [0.29, 0.717) is 6.04 Å². The van der Waals surface area contributed by atoms with E-state index in [1.54, 1.807) is 7.11 Å². The molecule has 2 nitrogen and oxygen atoms in total. The van der Waals surface area contributed by atoms with Crippen molar-refractivity contribution in [2.45, 2.75) is 25.8 Å². The summed E-state index contributed by atoms with van der Waals surface area (Å²) in [7, 11) is 1.77. The molecule has 0 N–H and O–H groups in total. The van der Waals surface area contributed by atoms with Gasteiger partial charge in [-0.25, -0.2) is 0 Å². The molecule has 0 aliphatic carbocycles. The maximum absolute atomic E-state index is 5.17. The molecule has 1 aliphatic heterocycles. The van der Waals surface area contributed by atoms with Crippen LogP contribution in [0.5, 0.6) is 0 Å². The molecule has 0 amide bonds. The molecule has 0 saturated carbocycles. The van der Waals surface area contributed by atoms with E-state index in [0.717, 1.165) is 13.2 Å². The van der Waals surface area contributed by atoms with E-state index in [9.17, 15) is 0 Å². The van der Waals surface area contributed by atoms with Gasteiger partial charge in [-0.3, -0.25) is 4.90 Å². The third-order valence-electron chi connectivity index (χ3n) is 3.41. The van der Waals surface area contributed by atoms with Crippen LogP contribution < -0.4 is 0 Å². The molecule has 1 fully saturated rings. The van der Waals surface area contributed by atoms with Crippen molar-refractivity contribution in [1.82, 2.24) is 4.90 Å². The molecule has 0 unspecified atom stereocenters. The van der Waals surface area contributed by atoms with Crippen LogP contribution in [0.2, 0.25) is 0 Å². The third-order valence-corrected chi connectivity index (χ3v) is 3.41.